The van der Waals surface area contributed by atoms with E-state index in [9.17, 15) is 0 Å². The standard InChI is InChI=1S/C6H16NO.HI/c1-4-7(2,3)5-6-8;/h8H,4-6H2,1-3H3;1H/q+1;/p-1. The zero-order chi connectivity index (χ0) is 6.62. The van der Waals surface area contributed by atoms with Gasteiger partial charge in [-0.25, -0.2) is 0 Å². The van der Waals surface area contributed by atoms with Crippen LogP contribution in [0.5, 0.6) is 0 Å². The molecule has 0 amide bonds. The lowest BCUT2D eigenvalue weighted by Gasteiger charge is -2.26. The Labute approximate surface area is 74.5 Å². The first-order valence-electron chi connectivity index (χ1n) is 3.05. The van der Waals surface area contributed by atoms with Crippen molar-refractivity contribution in [2.75, 3.05) is 33.8 Å². The molecule has 0 spiro atoms. The van der Waals surface area contributed by atoms with Crippen LogP contribution in [0.1, 0.15) is 6.92 Å². The van der Waals surface area contributed by atoms with E-state index in [1.54, 1.807) is 0 Å². The Bertz CT molecular complexity index is 66.1. The van der Waals surface area contributed by atoms with E-state index in [0.717, 1.165) is 17.6 Å². The highest BCUT2D eigenvalue weighted by molar-refractivity contribution is 4.24. The van der Waals surface area contributed by atoms with Crippen molar-refractivity contribution >= 4 is 0 Å². The van der Waals surface area contributed by atoms with Crippen LogP contribution in [0.2, 0.25) is 0 Å². The summed E-state index contributed by atoms with van der Waals surface area (Å²) in [4.78, 5) is 0. The van der Waals surface area contributed by atoms with Crippen molar-refractivity contribution in [3.05, 3.63) is 0 Å². The number of rotatable bonds is 3. The van der Waals surface area contributed by atoms with Gasteiger partial charge in [-0.3, -0.25) is 0 Å². The molecule has 0 fully saturated rings. The molecule has 0 aromatic carbocycles. The predicted molar refractivity (Wildman–Crippen MR) is 34.6 cm³/mol. The van der Waals surface area contributed by atoms with E-state index in [2.05, 4.69) is 21.0 Å². The lowest BCUT2D eigenvalue weighted by molar-refractivity contribution is -0.888. The molecular weight excluding hydrogens is 229 g/mol. The summed E-state index contributed by atoms with van der Waals surface area (Å²) in [7, 11) is 4.21. The predicted octanol–water partition coefficient (Wildman–Crippen LogP) is -2.92. The molecule has 0 rings (SSSR count). The molecular formula is C6H16INO. The summed E-state index contributed by atoms with van der Waals surface area (Å²) in [6, 6.07) is 0. The summed E-state index contributed by atoms with van der Waals surface area (Å²) >= 11 is 0. The van der Waals surface area contributed by atoms with Gasteiger partial charge < -0.3 is 33.6 Å². The van der Waals surface area contributed by atoms with Gasteiger partial charge in [0.25, 0.3) is 0 Å². The van der Waals surface area contributed by atoms with Crippen LogP contribution in [0.15, 0.2) is 0 Å². The van der Waals surface area contributed by atoms with Crippen molar-refractivity contribution < 1.29 is 33.6 Å². The van der Waals surface area contributed by atoms with Crippen molar-refractivity contribution in [1.29, 1.82) is 0 Å². The average Bonchev–Trinajstić information content (AvgIpc) is 1.67. The maximum Gasteiger partial charge on any atom is 0.102 e. The van der Waals surface area contributed by atoms with Gasteiger partial charge in [-0.2, -0.15) is 0 Å². The number of likely N-dealkylation sites (N-methyl/N-ethyl adjacent to an activating group) is 1. The van der Waals surface area contributed by atoms with Gasteiger partial charge in [0, 0.05) is 0 Å². The molecule has 0 aliphatic heterocycles. The molecule has 0 unspecified atom stereocenters. The van der Waals surface area contributed by atoms with E-state index in [4.69, 9.17) is 5.11 Å². The molecule has 0 bridgehead atoms. The van der Waals surface area contributed by atoms with Crippen LogP contribution in [0, 0.1) is 0 Å². The van der Waals surface area contributed by atoms with Gasteiger partial charge in [-0.15, -0.1) is 0 Å². The minimum Gasteiger partial charge on any atom is -1.00 e. The van der Waals surface area contributed by atoms with Crippen LogP contribution >= 0.6 is 0 Å². The van der Waals surface area contributed by atoms with Crippen molar-refractivity contribution in [2.24, 2.45) is 0 Å². The summed E-state index contributed by atoms with van der Waals surface area (Å²) in [5.41, 5.74) is 0. The molecule has 0 saturated carbocycles. The summed E-state index contributed by atoms with van der Waals surface area (Å²) in [5.74, 6) is 0. The molecule has 0 aromatic rings. The third-order valence-electron chi connectivity index (χ3n) is 1.56. The zero-order valence-electron chi connectivity index (χ0n) is 6.39. The van der Waals surface area contributed by atoms with Crippen LogP contribution in [-0.4, -0.2) is 43.4 Å². The highest BCUT2D eigenvalue weighted by Gasteiger charge is 2.08. The quantitative estimate of drug-likeness (QED) is 0.417. The van der Waals surface area contributed by atoms with Crippen molar-refractivity contribution in [2.45, 2.75) is 6.92 Å². The van der Waals surface area contributed by atoms with E-state index in [1.807, 2.05) is 0 Å². The van der Waals surface area contributed by atoms with E-state index in [-0.39, 0.29) is 24.0 Å². The van der Waals surface area contributed by atoms with E-state index >= 15 is 0 Å². The first-order chi connectivity index (χ1) is 3.62. The molecule has 2 nitrogen and oxygen atoms in total. The fourth-order valence-corrected chi connectivity index (χ4v) is 0.429. The summed E-state index contributed by atoms with van der Waals surface area (Å²) in [6.45, 7) is 4.35. The van der Waals surface area contributed by atoms with E-state index in [0.29, 0.717) is 6.61 Å². The summed E-state index contributed by atoms with van der Waals surface area (Å²) in [6.07, 6.45) is 0. The monoisotopic (exact) mass is 245 g/mol. The first kappa shape index (κ1) is 12.3. The van der Waals surface area contributed by atoms with Gasteiger partial charge in [-0.1, -0.05) is 0 Å². The minimum atomic E-state index is 0. The molecule has 0 aliphatic carbocycles. The number of nitrogens with zero attached hydrogens (tertiary/aromatic N) is 1. The van der Waals surface area contributed by atoms with E-state index < -0.39 is 0 Å². The zero-order valence-corrected chi connectivity index (χ0v) is 8.55. The normalized spacial score (nSPS) is 10.7. The van der Waals surface area contributed by atoms with Crippen molar-refractivity contribution in [3.63, 3.8) is 0 Å². The Morgan fingerprint density at radius 2 is 1.78 bits per heavy atom. The maximum absolute atomic E-state index is 8.52. The van der Waals surface area contributed by atoms with Crippen molar-refractivity contribution in [3.8, 4) is 0 Å². The molecule has 0 radical (unpaired) electrons. The van der Waals surface area contributed by atoms with Crippen LogP contribution in [0.3, 0.4) is 0 Å². The SMILES string of the molecule is CC[N+](C)(C)CCO.[I-]. The minimum absolute atomic E-state index is 0. The van der Waals surface area contributed by atoms with Crippen LogP contribution < -0.4 is 24.0 Å². The number of aliphatic hydroxyl groups is 1. The van der Waals surface area contributed by atoms with E-state index in [1.165, 1.54) is 0 Å². The molecule has 58 valence electrons. The highest BCUT2D eigenvalue weighted by atomic mass is 127. The molecule has 3 heteroatoms. The smallest absolute Gasteiger partial charge is 0.102 e. The fourth-order valence-electron chi connectivity index (χ4n) is 0.429. The Balaban J connectivity index is 0. The topological polar surface area (TPSA) is 20.2 Å². The fraction of sp³-hybridized carbons (Fsp3) is 1.00. The third kappa shape index (κ3) is 6.54. The van der Waals surface area contributed by atoms with Crippen molar-refractivity contribution in [1.82, 2.24) is 0 Å². The van der Waals surface area contributed by atoms with Crippen LogP contribution in [0.25, 0.3) is 0 Å². The molecule has 0 atom stereocenters. The number of aliphatic hydroxyl groups excluding tert-OH is 1. The summed E-state index contributed by atoms with van der Waals surface area (Å²) in [5, 5.41) is 8.52. The molecule has 1 N–H and O–H groups in total. The number of hydrogen-bond donors (Lipinski definition) is 1. The highest BCUT2D eigenvalue weighted by Crippen LogP contribution is 1.92. The number of halogens is 1. The lowest BCUT2D eigenvalue weighted by Crippen LogP contribution is -3.00. The van der Waals surface area contributed by atoms with Gasteiger partial charge in [0.05, 0.1) is 27.2 Å². The molecule has 0 aromatic heterocycles. The first-order valence-corrected chi connectivity index (χ1v) is 3.05. The molecule has 0 heterocycles. The van der Waals surface area contributed by atoms with Crippen LogP contribution in [-0.2, 0) is 0 Å². The third-order valence-corrected chi connectivity index (χ3v) is 1.56. The Morgan fingerprint density at radius 1 is 1.33 bits per heavy atom. The second-order valence-electron chi connectivity index (χ2n) is 2.70. The summed E-state index contributed by atoms with van der Waals surface area (Å²) < 4.78 is 0.913. The largest absolute Gasteiger partial charge is 1.00 e. The molecule has 0 saturated heterocycles. The van der Waals surface area contributed by atoms with Gasteiger partial charge in [0.2, 0.25) is 0 Å². The van der Waals surface area contributed by atoms with Gasteiger partial charge in [0.1, 0.15) is 6.54 Å². The Kier molecular flexibility index (Phi) is 7.45. The number of hydrogen-bond acceptors (Lipinski definition) is 1. The molecule has 9 heavy (non-hydrogen) atoms. The van der Waals surface area contributed by atoms with Gasteiger partial charge >= 0.3 is 0 Å². The van der Waals surface area contributed by atoms with Gasteiger partial charge in [-0.05, 0) is 6.92 Å². The second kappa shape index (κ2) is 5.44. The second-order valence-corrected chi connectivity index (χ2v) is 2.70. The van der Waals surface area contributed by atoms with Gasteiger partial charge in [0.15, 0.2) is 0 Å². The number of quaternary nitrogens is 1. The lowest BCUT2D eigenvalue weighted by atomic mass is 10.5. The Morgan fingerprint density at radius 3 is 1.89 bits per heavy atom. The Hall–Kier alpha value is 0.650. The maximum atomic E-state index is 8.52. The average molecular weight is 245 g/mol. The van der Waals surface area contributed by atoms with Crippen LogP contribution in [0.4, 0.5) is 0 Å². The molecule has 0 aliphatic rings.